The Morgan fingerprint density at radius 3 is 2.67 bits per heavy atom. The molecule has 2 aromatic carbocycles. The van der Waals surface area contributed by atoms with Gasteiger partial charge in [0.1, 0.15) is 23.7 Å². The fraction of sp³-hybridized carbons (Fsp3) is 0.367. The number of imidazole rings is 1. The molecule has 4 heterocycles. The van der Waals surface area contributed by atoms with Crippen LogP contribution >= 0.6 is 11.6 Å². The number of aromatic nitrogens is 3. The van der Waals surface area contributed by atoms with Crippen molar-refractivity contribution < 1.29 is 32.5 Å². The molecule has 0 unspecified atom stereocenters. The van der Waals surface area contributed by atoms with Crippen molar-refractivity contribution in [1.29, 1.82) is 0 Å². The lowest BCUT2D eigenvalue weighted by molar-refractivity contribution is -0.139. The van der Waals surface area contributed by atoms with Crippen LogP contribution in [0, 0.1) is 0 Å². The van der Waals surface area contributed by atoms with Crippen molar-refractivity contribution in [3.05, 3.63) is 87.3 Å². The van der Waals surface area contributed by atoms with E-state index in [0.717, 1.165) is 12.0 Å². The van der Waals surface area contributed by atoms with Crippen LogP contribution in [0.15, 0.2) is 48.5 Å². The fourth-order valence-corrected chi connectivity index (χ4v) is 5.71. The van der Waals surface area contributed by atoms with E-state index in [-0.39, 0.29) is 30.2 Å². The van der Waals surface area contributed by atoms with E-state index >= 15 is 0 Å². The first-order valence-electron chi connectivity index (χ1n) is 13.6. The third-order valence-electron chi connectivity index (χ3n) is 7.97. The Morgan fingerprint density at radius 1 is 1.19 bits per heavy atom. The van der Waals surface area contributed by atoms with Gasteiger partial charge in [0, 0.05) is 29.8 Å². The first-order chi connectivity index (χ1) is 20.1. The van der Waals surface area contributed by atoms with Crippen LogP contribution in [0.25, 0.3) is 11.2 Å². The lowest BCUT2D eigenvalue weighted by Gasteiger charge is -2.36. The first-order valence-corrected chi connectivity index (χ1v) is 14.0. The lowest BCUT2D eigenvalue weighted by Crippen LogP contribution is -2.36. The van der Waals surface area contributed by atoms with Gasteiger partial charge in [-0.2, -0.15) is 13.2 Å². The summed E-state index contributed by atoms with van der Waals surface area (Å²) in [6, 6.07) is 12.4. The summed E-state index contributed by atoms with van der Waals surface area (Å²) in [6.45, 7) is 3.91. The van der Waals surface area contributed by atoms with E-state index in [1.165, 1.54) is 18.2 Å². The number of hydrogen-bond donors (Lipinski definition) is 1. The standard InChI is InChI=1S/C30H28ClF3N4O4/c1-17-21-13-26(42-16-19-4-2-3-5-23(19)31)22(30(32,33)34)12-18(21)8-10-37(17)15-27-35-24-6-7-25(29(39)40)36-28(24)38(27)14-20-9-11-41-20/h2-7,12-13,17,20H,8-11,14-16H2,1H3,(H,39,40)/t17-,20-/m0/s1. The van der Waals surface area contributed by atoms with Gasteiger partial charge in [0.2, 0.25) is 0 Å². The van der Waals surface area contributed by atoms with E-state index in [4.69, 9.17) is 26.1 Å². The number of carbonyl (C=O) groups is 1. The second-order valence-corrected chi connectivity index (χ2v) is 11.0. The molecule has 0 amide bonds. The molecule has 0 bridgehead atoms. The number of hydrogen-bond acceptors (Lipinski definition) is 6. The van der Waals surface area contributed by atoms with Crippen molar-refractivity contribution in [3.8, 4) is 5.75 Å². The van der Waals surface area contributed by atoms with Gasteiger partial charge in [-0.1, -0.05) is 29.8 Å². The zero-order valence-electron chi connectivity index (χ0n) is 22.7. The van der Waals surface area contributed by atoms with Crippen LogP contribution < -0.4 is 4.74 Å². The molecule has 2 atom stereocenters. The van der Waals surface area contributed by atoms with Crippen LogP contribution in [0.2, 0.25) is 5.02 Å². The summed E-state index contributed by atoms with van der Waals surface area (Å²) in [5.74, 6) is -0.680. The van der Waals surface area contributed by atoms with E-state index in [9.17, 15) is 23.1 Å². The van der Waals surface area contributed by atoms with Gasteiger partial charge in [0.05, 0.1) is 24.8 Å². The summed E-state index contributed by atoms with van der Waals surface area (Å²) in [6.07, 6.45) is -3.30. The Kier molecular flexibility index (Phi) is 7.59. The lowest BCUT2D eigenvalue weighted by atomic mass is 9.91. The second kappa shape index (κ2) is 11.2. The Hall–Kier alpha value is -3.67. The molecule has 6 rings (SSSR count). The average Bonchev–Trinajstić information content (AvgIpc) is 3.27. The Bertz CT molecular complexity index is 1650. The van der Waals surface area contributed by atoms with E-state index in [0.29, 0.717) is 65.8 Å². The summed E-state index contributed by atoms with van der Waals surface area (Å²) >= 11 is 6.21. The molecule has 12 heteroatoms. The van der Waals surface area contributed by atoms with Crippen molar-refractivity contribution in [1.82, 2.24) is 19.4 Å². The molecule has 0 saturated carbocycles. The van der Waals surface area contributed by atoms with Crippen molar-refractivity contribution in [2.75, 3.05) is 13.2 Å². The average molecular weight is 601 g/mol. The molecule has 1 N–H and O–H groups in total. The second-order valence-electron chi connectivity index (χ2n) is 10.6. The van der Waals surface area contributed by atoms with E-state index in [1.807, 2.05) is 11.5 Å². The van der Waals surface area contributed by atoms with Gasteiger partial charge in [-0.3, -0.25) is 4.90 Å². The van der Waals surface area contributed by atoms with Gasteiger partial charge in [0.15, 0.2) is 11.3 Å². The molecule has 0 aliphatic carbocycles. The molecule has 0 radical (unpaired) electrons. The Balaban J connectivity index is 1.31. The highest BCUT2D eigenvalue weighted by Crippen LogP contribution is 2.42. The zero-order chi connectivity index (χ0) is 29.6. The van der Waals surface area contributed by atoms with Crippen molar-refractivity contribution >= 4 is 28.7 Å². The van der Waals surface area contributed by atoms with Crippen LogP contribution in [0.4, 0.5) is 13.2 Å². The highest BCUT2D eigenvalue weighted by molar-refractivity contribution is 6.31. The number of carboxylic acids is 1. The molecule has 1 saturated heterocycles. The number of aromatic carboxylic acids is 1. The van der Waals surface area contributed by atoms with Gasteiger partial charge in [-0.25, -0.2) is 14.8 Å². The van der Waals surface area contributed by atoms with Crippen LogP contribution in [0.3, 0.4) is 0 Å². The van der Waals surface area contributed by atoms with E-state index in [2.05, 4.69) is 9.88 Å². The largest absolute Gasteiger partial charge is 0.488 e. The minimum Gasteiger partial charge on any atom is -0.488 e. The summed E-state index contributed by atoms with van der Waals surface area (Å²) in [7, 11) is 0. The summed E-state index contributed by atoms with van der Waals surface area (Å²) in [4.78, 5) is 22.8. The molecule has 4 aromatic rings. The predicted molar refractivity (Wildman–Crippen MR) is 149 cm³/mol. The number of carboxylic acid groups (broad SMARTS) is 1. The molecule has 8 nitrogen and oxygen atoms in total. The zero-order valence-corrected chi connectivity index (χ0v) is 23.5. The van der Waals surface area contributed by atoms with Crippen LogP contribution in [0.1, 0.15) is 58.0 Å². The monoisotopic (exact) mass is 600 g/mol. The van der Waals surface area contributed by atoms with Crippen molar-refractivity contribution in [2.24, 2.45) is 0 Å². The van der Waals surface area contributed by atoms with E-state index < -0.39 is 17.7 Å². The smallest absolute Gasteiger partial charge is 0.419 e. The van der Waals surface area contributed by atoms with Gasteiger partial charge in [0.25, 0.3) is 0 Å². The topological polar surface area (TPSA) is 89.7 Å². The fourth-order valence-electron chi connectivity index (χ4n) is 5.52. The molecule has 2 aliphatic heterocycles. The van der Waals surface area contributed by atoms with Gasteiger partial charge in [-0.15, -0.1) is 0 Å². The molecule has 42 heavy (non-hydrogen) atoms. The predicted octanol–water partition coefficient (Wildman–Crippen LogP) is 6.29. The number of ether oxygens (including phenoxy) is 2. The summed E-state index contributed by atoms with van der Waals surface area (Å²) < 4.78 is 55.5. The number of nitrogens with zero attached hydrogens (tertiary/aromatic N) is 4. The number of benzene rings is 2. The number of rotatable bonds is 8. The van der Waals surface area contributed by atoms with Crippen LogP contribution in [-0.4, -0.2) is 49.8 Å². The van der Waals surface area contributed by atoms with Crippen molar-refractivity contribution in [3.63, 3.8) is 0 Å². The number of fused-ring (bicyclic) bond motifs is 2. The molecule has 0 spiro atoms. The molecule has 1 fully saturated rings. The maximum Gasteiger partial charge on any atom is 0.419 e. The molecule has 2 aliphatic rings. The molecular weight excluding hydrogens is 573 g/mol. The maximum atomic E-state index is 14.1. The Morgan fingerprint density at radius 2 is 1.98 bits per heavy atom. The number of alkyl halides is 3. The highest BCUT2D eigenvalue weighted by atomic mass is 35.5. The highest BCUT2D eigenvalue weighted by Gasteiger charge is 2.37. The maximum absolute atomic E-state index is 14.1. The van der Waals surface area contributed by atoms with E-state index in [1.54, 1.807) is 30.3 Å². The summed E-state index contributed by atoms with van der Waals surface area (Å²) in [5, 5.41) is 9.89. The molecular formula is C30H28ClF3N4O4. The first kappa shape index (κ1) is 28.4. The minimum atomic E-state index is -4.58. The minimum absolute atomic E-state index is 0.0189. The third-order valence-corrected chi connectivity index (χ3v) is 8.34. The quantitative estimate of drug-likeness (QED) is 0.254. The normalized spacial score (nSPS) is 19.0. The van der Waals surface area contributed by atoms with Crippen molar-refractivity contribution in [2.45, 2.75) is 57.8 Å². The van der Waals surface area contributed by atoms with Crippen LogP contribution in [-0.2, 0) is 37.0 Å². The van der Waals surface area contributed by atoms with Gasteiger partial charge < -0.3 is 19.1 Å². The molecule has 2 aromatic heterocycles. The Labute approximate surface area is 244 Å². The number of halogens is 4. The van der Waals surface area contributed by atoms with Crippen LogP contribution in [0.5, 0.6) is 5.75 Å². The number of pyridine rings is 1. The summed E-state index contributed by atoms with van der Waals surface area (Å²) in [5.41, 5.74) is 2.13. The SMILES string of the molecule is C[C@H]1c2cc(OCc3ccccc3Cl)c(C(F)(F)F)cc2CCN1Cc1nc2ccc(C(=O)O)nc2n1C[C@@H]1CCO1. The van der Waals surface area contributed by atoms with Gasteiger partial charge in [-0.05, 0) is 61.2 Å². The third kappa shape index (κ3) is 5.56. The van der Waals surface area contributed by atoms with Gasteiger partial charge >= 0.3 is 12.1 Å². The molecule has 220 valence electrons.